The molecule has 3 aromatic heterocycles. The summed E-state index contributed by atoms with van der Waals surface area (Å²) in [6, 6.07) is 7.91. The number of halogens is 1. The first-order valence-electron chi connectivity index (χ1n) is 13.3. The number of hydrogen-bond acceptors (Lipinski definition) is 7. The molecule has 1 saturated carbocycles. The van der Waals surface area contributed by atoms with Gasteiger partial charge in [-0.3, -0.25) is 14.7 Å². The lowest BCUT2D eigenvalue weighted by molar-refractivity contribution is -0.130. The van der Waals surface area contributed by atoms with E-state index in [0.29, 0.717) is 11.4 Å². The first kappa shape index (κ1) is 26.2. The Labute approximate surface area is 234 Å². The van der Waals surface area contributed by atoms with Gasteiger partial charge in [-0.25, -0.2) is 14.2 Å². The van der Waals surface area contributed by atoms with Crippen molar-refractivity contribution >= 4 is 39.2 Å². The molecule has 2 fully saturated rings. The summed E-state index contributed by atoms with van der Waals surface area (Å²) >= 11 is 1.49. The topological polar surface area (TPSA) is 105 Å². The zero-order chi connectivity index (χ0) is 27.6. The zero-order valence-electron chi connectivity index (χ0n) is 22.1. The van der Waals surface area contributed by atoms with E-state index in [0.717, 1.165) is 72.9 Å². The van der Waals surface area contributed by atoms with Gasteiger partial charge < -0.3 is 24.8 Å². The second-order valence-corrected chi connectivity index (χ2v) is 11.2. The summed E-state index contributed by atoms with van der Waals surface area (Å²) in [5.74, 6) is 0.114. The van der Waals surface area contributed by atoms with E-state index in [9.17, 15) is 14.0 Å². The summed E-state index contributed by atoms with van der Waals surface area (Å²) in [5, 5.41) is 5.46. The van der Waals surface area contributed by atoms with Crippen molar-refractivity contribution in [2.24, 2.45) is 0 Å². The van der Waals surface area contributed by atoms with Gasteiger partial charge in [0, 0.05) is 82.4 Å². The molecule has 1 aromatic carbocycles. The van der Waals surface area contributed by atoms with E-state index in [1.54, 1.807) is 25.3 Å². The maximum Gasteiger partial charge on any atom is 0.319 e. The van der Waals surface area contributed by atoms with Crippen LogP contribution in [-0.4, -0.2) is 75.0 Å². The predicted octanol–water partition coefficient (Wildman–Crippen LogP) is 4.54. The van der Waals surface area contributed by atoms with E-state index < -0.39 is 5.82 Å². The van der Waals surface area contributed by atoms with Crippen LogP contribution in [-0.2, 0) is 11.3 Å². The molecule has 40 heavy (non-hydrogen) atoms. The average Bonchev–Trinajstić information content (AvgIpc) is 3.43. The monoisotopic (exact) mass is 563 g/mol. The van der Waals surface area contributed by atoms with Crippen molar-refractivity contribution in [1.29, 1.82) is 0 Å². The van der Waals surface area contributed by atoms with Crippen molar-refractivity contribution < 1.29 is 18.7 Å². The molecule has 1 aliphatic carbocycles. The highest BCUT2D eigenvalue weighted by Gasteiger charge is 2.23. The molecule has 2 aliphatic rings. The number of nitrogens with zero attached hydrogens (tertiary/aromatic N) is 5. The number of amides is 3. The van der Waals surface area contributed by atoms with Gasteiger partial charge in [0.25, 0.3) is 0 Å². The predicted molar refractivity (Wildman–Crippen MR) is 151 cm³/mol. The van der Waals surface area contributed by atoms with Gasteiger partial charge in [0.2, 0.25) is 5.91 Å². The van der Waals surface area contributed by atoms with Gasteiger partial charge in [-0.15, -0.1) is 11.3 Å². The van der Waals surface area contributed by atoms with Crippen LogP contribution in [0.25, 0.3) is 20.8 Å². The number of rotatable bonds is 8. The van der Waals surface area contributed by atoms with E-state index in [1.807, 2.05) is 23.5 Å². The fourth-order valence-corrected chi connectivity index (χ4v) is 5.66. The first-order chi connectivity index (χ1) is 19.4. The molecule has 208 valence electrons. The highest BCUT2D eigenvalue weighted by molar-refractivity contribution is 7.22. The molecule has 0 bridgehead atoms. The van der Waals surface area contributed by atoms with Gasteiger partial charge in [-0.1, -0.05) is 0 Å². The SMILES string of the molecule is CC(=O)N1CCN(CCn2cnc(-c3cc4nccc(Oc5ccc(NC(=O)NC6CC6)cc5F)c4s3)c2)CC1. The number of nitrogens with one attached hydrogen (secondary N) is 2. The lowest BCUT2D eigenvalue weighted by atomic mass is 10.3. The fourth-order valence-electron chi connectivity index (χ4n) is 4.63. The van der Waals surface area contributed by atoms with E-state index in [1.165, 1.54) is 23.5 Å². The number of aromatic nitrogens is 3. The van der Waals surface area contributed by atoms with Crippen molar-refractivity contribution in [2.45, 2.75) is 32.4 Å². The minimum Gasteiger partial charge on any atom is -0.453 e. The summed E-state index contributed by atoms with van der Waals surface area (Å²) in [4.78, 5) is 37.7. The largest absolute Gasteiger partial charge is 0.453 e. The smallest absolute Gasteiger partial charge is 0.319 e. The molecule has 0 atom stereocenters. The Bertz CT molecular complexity index is 1540. The van der Waals surface area contributed by atoms with Crippen LogP contribution in [0.15, 0.2) is 49.1 Å². The molecule has 0 spiro atoms. The van der Waals surface area contributed by atoms with Crippen LogP contribution < -0.4 is 15.4 Å². The Morgan fingerprint density at radius 2 is 1.90 bits per heavy atom. The van der Waals surface area contributed by atoms with Crippen LogP contribution in [0.1, 0.15) is 19.8 Å². The first-order valence-corrected chi connectivity index (χ1v) is 14.2. The van der Waals surface area contributed by atoms with Crippen LogP contribution in [0.5, 0.6) is 11.5 Å². The lowest BCUT2D eigenvalue weighted by Gasteiger charge is -2.34. The van der Waals surface area contributed by atoms with Crippen molar-refractivity contribution in [3.8, 4) is 22.1 Å². The molecular weight excluding hydrogens is 533 g/mol. The van der Waals surface area contributed by atoms with Gasteiger partial charge in [-0.05, 0) is 31.0 Å². The van der Waals surface area contributed by atoms with E-state index in [4.69, 9.17) is 4.74 Å². The van der Waals surface area contributed by atoms with Crippen LogP contribution in [0, 0.1) is 5.82 Å². The van der Waals surface area contributed by atoms with Crippen molar-refractivity contribution in [3.05, 3.63) is 54.9 Å². The number of benzene rings is 1. The van der Waals surface area contributed by atoms with Crippen LogP contribution in [0.4, 0.5) is 14.9 Å². The minimum atomic E-state index is -0.576. The van der Waals surface area contributed by atoms with Gasteiger partial charge >= 0.3 is 6.03 Å². The number of carbonyl (C=O) groups is 2. The number of hydrogen-bond donors (Lipinski definition) is 2. The van der Waals surface area contributed by atoms with Gasteiger partial charge in [0.1, 0.15) is 5.75 Å². The Hall–Kier alpha value is -4.03. The summed E-state index contributed by atoms with van der Waals surface area (Å²) in [6.07, 6.45) is 7.43. The minimum absolute atomic E-state index is 0.0593. The van der Waals surface area contributed by atoms with E-state index in [-0.39, 0.29) is 23.7 Å². The summed E-state index contributed by atoms with van der Waals surface area (Å²) in [7, 11) is 0. The molecule has 0 radical (unpaired) electrons. The number of ether oxygens (including phenoxy) is 1. The summed E-state index contributed by atoms with van der Waals surface area (Å²) in [6.45, 7) is 6.60. The molecule has 1 saturated heterocycles. The number of anilines is 1. The Kier molecular flexibility index (Phi) is 7.35. The standard InChI is InChI=1S/C28H30FN7O3S/c1-18(37)36-12-10-34(11-13-36)8-9-35-16-23(31-17-35)26-15-22-27(40-26)25(6-7-30-22)39-24-5-4-20(14-21(24)29)33-28(38)32-19-2-3-19/h4-7,14-17,19H,2-3,8-13H2,1H3,(H2,32,33,38). The maximum absolute atomic E-state index is 14.9. The third-order valence-electron chi connectivity index (χ3n) is 7.08. The quantitative estimate of drug-likeness (QED) is 0.326. The molecule has 10 nitrogen and oxygen atoms in total. The normalized spacial score (nSPS) is 15.8. The second-order valence-electron chi connectivity index (χ2n) is 10.1. The summed E-state index contributed by atoms with van der Waals surface area (Å²) < 4.78 is 23.7. The van der Waals surface area contributed by atoms with E-state index in [2.05, 4.69) is 30.1 Å². The van der Waals surface area contributed by atoms with Crippen LogP contribution in [0.2, 0.25) is 0 Å². The zero-order valence-corrected chi connectivity index (χ0v) is 22.9. The van der Waals surface area contributed by atoms with Crippen molar-refractivity contribution in [1.82, 2.24) is 29.7 Å². The van der Waals surface area contributed by atoms with Crippen molar-refractivity contribution in [2.75, 3.05) is 38.0 Å². The maximum atomic E-state index is 14.9. The van der Waals surface area contributed by atoms with Gasteiger partial charge in [-0.2, -0.15) is 0 Å². The van der Waals surface area contributed by atoms with Gasteiger partial charge in [0.15, 0.2) is 11.6 Å². The third kappa shape index (κ3) is 6.07. The number of piperazine rings is 1. The number of carbonyl (C=O) groups excluding carboxylic acids is 2. The highest BCUT2D eigenvalue weighted by atomic mass is 32.1. The van der Waals surface area contributed by atoms with Crippen LogP contribution >= 0.6 is 11.3 Å². The average molecular weight is 564 g/mol. The number of imidazole rings is 1. The second kappa shape index (κ2) is 11.2. The number of thiophene rings is 1. The third-order valence-corrected chi connectivity index (χ3v) is 8.24. The molecule has 12 heteroatoms. The van der Waals surface area contributed by atoms with Gasteiger partial charge in [0.05, 0.1) is 27.1 Å². The van der Waals surface area contributed by atoms with Crippen LogP contribution in [0.3, 0.4) is 0 Å². The molecule has 1 aliphatic heterocycles. The summed E-state index contributed by atoms with van der Waals surface area (Å²) in [5.41, 5.74) is 1.93. The molecule has 3 amide bonds. The number of fused-ring (bicyclic) bond motifs is 1. The molecule has 4 aromatic rings. The Morgan fingerprint density at radius 1 is 1.07 bits per heavy atom. The Balaban J connectivity index is 1.11. The molecule has 4 heterocycles. The molecular formula is C28H30FN7O3S. The molecule has 6 rings (SSSR count). The highest BCUT2D eigenvalue weighted by Crippen LogP contribution is 2.39. The lowest BCUT2D eigenvalue weighted by Crippen LogP contribution is -2.48. The number of urea groups is 1. The molecule has 2 N–H and O–H groups in total. The fraction of sp³-hybridized carbons (Fsp3) is 0.357. The molecule has 0 unspecified atom stereocenters. The van der Waals surface area contributed by atoms with Crippen molar-refractivity contribution in [3.63, 3.8) is 0 Å². The Morgan fingerprint density at radius 3 is 2.65 bits per heavy atom. The number of pyridine rings is 1. The van der Waals surface area contributed by atoms with E-state index >= 15 is 0 Å².